The Morgan fingerprint density at radius 2 is 1.69 bits per heavy atom. The molecule has 182 valence electrons. The zero-order valence-corrected chi connectivity index (χ0v) is 21.4. The molecule has 2 N–H and O–H groups in total. The Morgan fingerprint density at radius 3 is 2.34 bits per heavy atom. The fourth-order valence-electron chi connectivity index (χ4n) is 9.26. The summed E-state index contributed by atoms with van der Waals surface area (Å²) in [6.07, 6.45) is 11.5. The lowest BCUT2D eigenvalue weighted by Gasteiger charge is -2.60. The summed E-state index contributed by atoms with van der Waals surface area (Å²) >= 11 is 0. The number of fused-ring (bicyclic) bond motifs is 5. The van der Waals surface area contributed by atoms with Gasteiger partial charge in [-0.05, 0) is 97.2 Å². The summed E-state index contributed by atoms with van der Waals surface area (Å²) in [5, 5.41) is 20.8. The van der Waals surface area contributed by atoms with E-state index in [1.165, 1.54) is 32.1 Å². The van der Waals surface area contributed by atoms with E-state index in [0.29, 0.717) is 71.9 Å². The van der Waals surface area contributed by atoms with Crippen molar-refractivity contribution in [2.75, 3.05) is 0 Å². The number of aliphatic hydroxyl groups excluding tert-OH is 2. The van der Waals surface area contributed by atoms with Gasteiger partial charge in [-0.3, -0.25) is 4.79 Å². The summed E-state index contributed by atoms with van der Waals surface area (Å²) in [5.74, 6) is 4.55. The van der Waals surface area contributed by atoms with Crippen molar-refractivity contribution in [3.8, 4) is 0 Å². The second kappa shape index (κ2) is 8.84. The fraction of sp³-hybridized carbons (Fsp3) is 0.897. The molecule has 0 radical (unpaired) electrons. The highest BCUT2D eigenvalue weighted by atomic mass is 16.3. The Balaban J connectivity index is 1.55. The van der Waals surface area contributed by atoms with Crippen LogP contribution in [0.5, 0.6) is 0 Å². The van der Waals surface area contributed by atoms with Crippen LogP contribution < -0.4 is 0 Å². The van der Waals surface area contributed by atoms with Crippen LogP contribution in [0.3, 0.4) is 0 Å². The number of hydrogen-bond acceptors (Lipinski definition) is 3. The van der Waals surface area contributed by atoms with Gasteiger partial charge in [0.15, 0.2) is 0 Å². The molecule has 32 heavy (non-hydrogen) atoms. The molecule has 4 aliphatic rings. The van der Waals surface area contributed by atoms with Gasteiger partial charge in [-0.2, -0.15) is 0 Å². The van der Waals surface area contributed by atoms with Gasteiger partial charge >= 0.3 is 0 Å². The van der Waals surface area contributed by atoms with Crippen molar-refractivity contribution in [1.29, 1.82) is 0 Å². The Labute approximate surface area is 196 Å². The molecule has 4 fully saturated rings. The summed E-state index contributed by atoms with van der Waals surface area (Å²) in [6, 6.07) is 0. The lowest BCUT2D eigenvalue weighted by atomic mass is 9.44. The molecule has 0 aromatic rings. The number of Topliss-reactive ketones (excluding diaryl/α,β-unsaturated/α-hetero) is 1. The topological polar surface area (TPSA) is 57.5 Å². The first-order valence-electron chi connectivity index (χ1n) is 13.6. The van der Waals surface area contributed by atoms with Gasteiger partial charge in [-0.15, -0.1) is 0 Å². The molecule has 0 bridgehead atoms. The van der Waals surface area contributed by atoms with Gasteiger partial charge in [-0.25, -0.2) is 0 Å². The van der Waals surface area contributed by atoms with E-state index < -0.39 is 12.2 Å². The first-order valence-corrected chi connectivity index (χ1v) is 13.6. The van der Waals surface area contributed by atoms with Crippen molar-refractivity contribution >= 4 is 5.78 Å². The zero-order valence-electron chi connectivity index (χ0n) is 21.4. The smallest absolute Gasteiger partial charge is 0.136 e. The molecule has 0 saturated heterocycles. The molecule has 0 aromatic carbocycles. The van der Waals surface area contributed by atoms with E-state index in [-0.39, 0.29) is 11.3 Å². The second-order valence-corrected chi connectivity index (χ2v) is 13.0. The molecule has 0 aliphatic heterocycles. The fourth-order valence-corrected chi connectivity index (χ4v) is 9.26. The number of hydrogen-bond donors (Lipinski definition) is 2. The molecular weight excluding hydrogens is 396 g/mol. The van der Waals surface area contributed by atoms with Gasteiger partial charge in [0.25, 0.3) is 0 Å². The molecule has 4 aliphatic carbocycles. The van der Waals surface area contributed by atoms with Gasteiger partial charge in [0.1, 0.15) is 5.78 Å². The van der Waals surface area contributed by atoms with Crippen molar-refractivity contribution in [1.82, 2.24) is 0 Å². The SMILES string of the molecule is CC[C@H](/C=C/[C@@H](C)[C@H]1CC[C@H]2[C@@H]3CC(=O)[C@H]4C[C@H](O)[C@H](O)C[C@]4(C)[C@H]3CC[C@]12C)C(C)C. The molecule has 3 nitrogen and oxygen atoms in total. The van der Waals surface area contributed by atoms with Crippen LogP contribution in [0.25, 0.3) is 0 Å². The van der Waals surface area contributed by atoms with E-state index in [1.807, 2.05) is 0 Å². The van der Waals surface area contributed by atoms with Crippen LogP contribution in [0.1, 0.15) is 92.9 Å². The molecular formula is C29H48O3. The quantitative estimate of drug-likeness (QED) is 0.509. The minimum absolute atomic E-state index is 0.0624. The predicted molar refractivity (Wildman–Crippen MR) is 130 cm³/mol. The third-order valence-corrected chi connectivity index (χ3v) is 11.2. The van der Waals surface area contributed by atoms with Gasteiger partial charge < -0.3 is 10.2 Å². The molecule has 4 saturated carbocycles. The Bertz CT molecular complexity index is 728. The van der Waals surface area contributed by atoms with Crippen molar-refractivity contribution in [3.05, 3.63) is 12.2 Å². The van der Waals surface area contributed by atoms with E-state index in [2.05, 4.69) is 53.7 Å². The lowest BCUT2D eigenvalue weighted by Crippen LogP contribution is -2.59. The van der Waals surface area contributed by atoms with Crippen LogP contribution in [0.4, 0.5) is 0 Å². The maximum Gasteiger partial charge on any atom is 0.136 e. The van der Waals surface area contributed by atoms with Crippen LogP contribution in [-0.2, 0) is 4.79 Å². The minimum Gasteiger partial charge on any atom is -0.390 e. The van der Waals surface area contributed by atoms with Gasteiger partial charge in [0.05, 0.1) is 12.2 Å². The molecule has 3 heteroatoms. The van der Waals surface area contributed by atoms with Gasteiger partial charge in [0, 0.05) is 12.3 Å². The van der Waals surface area contributed by atoms with Gasteiger partial charge in [-0.1, -0.05) is 53.7 Å². The monoisotopic (exact) mass is 444 g/mol. The standard InChI is InChI=1S/C29H48O3/c1-7-19(17(2)3)9-8-18(4)21-10-11-22-20-14-25(30)24-15-26(31)27(32)16-29(24,6)23(20)12-13-28(21,22)5/h8-9,17-24,26-27,31-32H,7,10-16H2,1-6H3/b9-8+/t18-,19-,20+,21-,22+,23+,24-,26+,27-,28-,29-/m1/s1. The van der Waals surface area contributed by atoms with Crippen molar-refractivity contribution < 1.29 is 15.0 Å². The maximum absolute atomic E-state index is 13.3. The normalized spacial score (nSPS) is 48.4. The lowest BCUT2D eigenvalue weighted by molar-refractivity contribution is -0.173. The van der Waals surface area contributed by atoms with Crippen molar-refractivity contribution in [2.45, 2.75) is 105 Å². The Morgan fingerprint density at radius 1 is 1.00 bits per heavy atom. The molecule has 4 rings (SSSR count). The van der Waals surface area contributed by atoms with E-state index in [9.17, 15) is 15.0 Å². The highest BCUT2D eigenvalue weighted by molar-refractivity contribution is 5.83. The second-order valence-electron chi connectivity index (χ2n) is 13.0. The third-order valence-electron chi connectivity index (χ3n) is 11.2. The van der Waals surface area contributed by atoms with Crippen LogP contribution >= 0.6 is 0 Å². The number of ketones is 1. The maximum atomic E-state index is 13.3. The summed E-state index contributed by atoms with van der Waals surface area (Å²) in [5.41, 5.74) is 0.177. The highest BCUT2D eigenvalue weighted by Crippen LogP contribution is 2.67. The summed E-state index contributed by atoms with van der Waals surface area (Å²) in [4.78, 5) is 13.3. The molecule has 0 unspecified atom stereocenters. The summed E-state index contributed by atoms with van der Waals surface area (Å²) < 4.78 is 0. The Kier molecular flexibility index (Phi) is 6.75. The number of aliphatic hydroxyl groups is 2. The number of rotatable bonds is 5. The highest BCUT2D eigenvalue weighted by Gasteiger charge is 2.63. The first-order chi connectivity index (χ1) is 15.0. The first kappa shape index (κ1) is 24.5. The largest absolute Gasteiger partial charge is 0.390 e. The van der Waals surface area contributed by atoms with Crippen LogP contribution in [-0.4, -0.2) is 28.2 Å². The molecule has 0 spiro atoms. The number of carbonyl (C=O) groups excluding carboxylic acids is 1. The van der Waals surface area contributed by atoms with Gasteiger partial charge in [0.2, 0.25) is 0 Å². The minimum atomic E-state index is -0.733. The van der Waals surface area contributed by atoms with E-state index in [1.54, 1.807) is 0 Å². The van der Waals surface area contributed by atoms with E-state index >= 15 is 0 Å². The average Bonchev–Trinajstić information content (AvgIpc) is 3.07. The van der Waals surface area contributed by atoms with E-state index in [0.717, 1.165) is 0 Å². The molecule has 11 atom stereocenters. The summed E-state index contributed by atoms with van der Waals surface area (Å²) in [6.45, 7) is 14.2. The van der Waals surface area contributed by atoms with Crippen molar-refractivity contribution in [2.24, 2.45) is 58.2 Å². The molecule has 0 heterocycles. The predicted octanol–water partition coefficient (Wildman–Crippen LogP) is 6.03. The van der Waals surface area contributed by atoms with E-state index in [4.69, 9.17) is 0 Å². The zero-order chi connectivity index (χ0) is 23.4. The number of carbonyl (C=O) groups is 1. The van der Waals surface area contributed by atoms with Crippen molar-refractivity contribution in [3.63, 3.8) is 0 Å². The molecule has 0 amide bonds. The Hall–Kier alpha value is -0.670. The van der Waals surface area contributed by atoms with Crippen LogP contribution in [0.15, 0.2) is 12.2 Å². The average molecular weight is 445 g/mol. The third kappa shape index (κ3) is 3.84. The van der Waals surface area contributed by atoms with Crippen LogP contribution in [0, 0.1) is 58.2 Å². The molecule has 0 aromatic heterocycles. The summed E-state index contributed by atoms with van der Waals surface area (Å²) in [7, 11) is 0. The van der Waals surface area contributed by atoms with Crippen LogP contribution in [0.2, 0.25) is 0 Å². The number of allylic oxidation sites excluding steroid dienone is 2.